The van der Waals surface area contributed by atoms with E-state index in [1.807, 2.05) is 47.0 Å². The van der Waals surface area contributed by atoms with Crippen LogP contribution in [0, 0.1) is 5.41 Å². The van der Waals surface area contributed by atoms with Gasteiger partial charge in [0.15, 0.2) is 9.84 Å². The maximum Gasteiger partial charge on any atom is 0.430 e. The minimum Gasteiger partial charge on any atom is -0.542 e. The fourth-order valence-corrected chi connectivity index (χ4v) is 4.85. The Labute approximate surface area is 252 Å². The van der Waals surface area contributed by atoms with E-state index in [2.05, 4.69) is 26.5 Å². The summed E-state index contributed by atoms with van der Waals surface area (Å²) >= 11 is 0. The topological polar surface area (TPSA) is 158 Å². The fourth-order valence-electron chi connectivity index (χ4n) is 4.19. The number of aliphatic carboxylic acids is 1. The number of alkyl halides is 3. The average Bonchev–Trinajstić information content (AvgIpc) is 3.28. The number of nitrogens with zero attached hydrogens (tertiary/aromatic N) is 2. The molecule has 0 aliphatic heterocycles. The number of fused-ring (bicyclic) bond motifs is 1. The molecule has 234 valence electrons. The molecule has 0 radical (unpaired) electrons. The van der Waals surface area contributed by atoms with Gasteiger partial charge in [-0.1, -0.05) is 30.3 Å². The molecule has 1 heterocycles. The second kappa shape index (κ2) is 12.9. The molecule has 14 heteroatoms. The van der Waals surface area contributed by atoms with Gasteiger partial charge in [-0.05, 0) is 53.6 Å². The maximum atomic E-state index is 13.4. The van der Waals surface area contributed by atoms with Crippen molar-refractivity contribution in [1.29, 1.82) is 5.41 Å². The first-order valence-electron chi connectivity index (χ1n) is 13.0. The first kappa shape index (κ1) is 33.8. The van der Waals surface area contributed by atoms with E-state index in [0.717, 1.165) is 28.6 Å². The van der Waals surface area contributed by atoms with Crippen LogP contribution in [0.5, 0.6) is 0 Å². The number of nitrogen functional groups attached to an aromatic ring is 1. The van der Waals surface area contributed by atoms with Crippen LogP contribution >= 0.6 is 0 Å². The summed E-state index contributed by atoms with van der Waals surface area (Å²) in [5.74, 6) is -3.31. The Morgan fingerprint density at radius 1 is 0.977 bits per heavy atom. The highest BCUT2D eigenvalue weighted by Crippen LogP contribution is 2.25. The number of rotatable bonds is 8. The van der Waals surface area contributed by atoms with E-state index in [4.69, 9.17) is 21.0 Å². The van der Waals surface area contributed by atoms with Gasteiger partial charge < -0.3 is 25.5 Å². The number of carboxylic acid groups (broad SMARTS) is 1. The summed E-state index contributed by atoms with van der Waals surface area (Å²) in [5, 5.41) is 20.2. The van der Waals surface area contributed by atoms with Crippen LogP contribution in [0.4, 0.5) is 18.9 Å². The van der Waals surface area contributed by atoms with E-state index in [1.54, 1.807) is 30.3 Å². The molecule has 0 saturated heterocycles. The predicted molar refractivity (Wildman–Crippen MR) is 160 cm³/mol. The quantitative estimate of drug-likeness (QED) is 0.154. The molecular formula is C30H32F3N5O5S. The Kier molecular flexibility index (Phi) is 9.91. The number of nitrogens with one attached hydrogen (secondary N) is 2. The molecule has 0 atom stereocenters. The summed E-state index contributed by atoms with van der Waals surface area (Å²) in [7, 11) is 2.88. The Hall–Kier alpha value is -4.69. The zero-order valence-corrected chi connectivity index (χ0v) is 25.2. The normalized spacial score (nSPS) is 11.9. The van der Waals surface area contributed by atoms with Gasteiger partial charge in [0.05, 0.1) is 26.0 Å². The zero-order valence-electron chi connectivity index (χ0n) is 24.4. The summed E-state index contributed by atoms with van der Waals surface area (Å²) in [5.41, 5.74) is 10.4. The summed E-state index contributed by atoms with van der Waals surface area (Å²) < 4.78 is 58.3. The number of carbonyl (C=O) groups is 2. The number of aromatic nitrogens is 1. The minimum atomic E-state index is -5.19. The van der Waals surface area contributed by atoms with Gasteiger partial charge in [-0.25, -0.2) is 8.42 Å². The van der Waals surface area contributed by atoms with Crippen molar-refractivity contribution >= 4 is 44.1 Å². The number of carbonyl (C=O) groups excluding carboxylic acids is 2. The molecule has 44 heavy (non-hydrogen) atoms. The van der Waals surface area contributed by atoms with Crippen LogP contribution in [-0.2, 0) is 27.7 Å². The van der Waals surface area contributed by atoms with E-state index >= 15 is 0 Å². The second-order valence-electron chi connectivity index (χ2n) is 10.9. The van der Waals surface area contributed by atoms with Crippen molar-refractivity contribution in [3.05, 3.63) is 95.2 Å². The van der Waals surface area contributed by atoms with Gasteiger partial charge in [0.2, 0.25) is 0 Å². The van der Waals surface area contributed by atoms with E-state index in [-0.39, 0.29) is 16.6 Å². The largest absolute Gasteiger partial charge is 0.542 e. The van der Waals surface area contributed by atoms with E-state index in [9.17, 15) is 26.4 Å². The van der Waals surface area contributed by atoms with Crippen LogP contribution in [0.2, 0.25) is 0 Å². The van der Waals surface area contributed by atoms with Crippen LogP contribution in [0.1, 0.15) is 27.2 Å². The molecule has 4 N–H and O–H groups in total. The highest BCUT2D eigenvalue weighted by molar-refractivity contribution is 7.90. The highest BCUT2D eigenvalue weighted by atomic mass is 32.2. The SMILES string of the molecule is C[N+](C)(C)c1ccc(CNC(=O)c2cc3cc(S(C)(=O)=O)ccc3n2Cc2cccc(C(=N)N)c2)cc1.O=C([O-])C(F)(F)F. The summed E-state index contributed by atoms with van der Waals surface area (Å²) in [6.45, 7) is 0.704. The lowest BCUT2D eigenvalue weighted by Crippen LogP contribution is -2.37. The Bertz CT molecular complexity index is 1810. The van der Waals surface area contributed by atoms with Crippen molar-refractivity contribution in [1.82, 2.24) is 14.4 Å². The first-order valence-corrected chi connectivity index (χ1v) is 14.9. The molecule has 0 saturated carbocycles. The highest BCUT2D eigenvalue weighted by Gasteiger charge is 2.28. The van der Waals surface area contributed by atoms with Crippen molar-refractivity contribution in [3.8, 4) is 0 Å². The summed E-state index contributed by atoms with van der Waals surface area (Å²) in [6, 6.07) is 22.0. The van der Waals surface area contributed by atoms with E-state index in [0.29, 0.717) is 34.2 Å². The lowest BCUT2D eigenvalue weighted by atomic mass is 10.1. The Morgan fingerprint density at radius 3 is 2.11 bits per heavy atom. The van der Waals surface area contributed by atoms with Gasteiger partial charge in [-0.3, -0.25) is 14.7 Å². The van der Waals surface area contributed by atoms with Crippen LogP contribution in [-0.4, -0.2) is 64.3 Å². The number of quaternary nitrogens is 1. The molecule has 3 aromatic carbocycles. The third-order valence-corrected chi connectivity index (χ3v) is 7.62. The molecule has 0 aliphatic carbocycles. The van der Waals surface area contributed by atoms with Gasteiger partial charge in [0, 0.05) is 35.8 Å². The molecular weight excluding hydrogens is 599 g/mol. The molecule has 10 nitrogen and oxygen atoms in total. The molecule has 0 bridgehead atoms. The zero-order chi connectivity index (χ0) is 33.0. The van der Waals surface area contributed by atoms with Gasteiger partial charge >= 0.3 is 6.18 Å². The van der Waals surface area contributed by atoms with E-state index < -0.39 is 22.0 Å². The van der Waals surface area contributed by atoms with Crippen molar-refractivity contribution < 1.29 is 36.3 Å². The minimum absolute atomic E-state index is 0.0359. The van der Waals surface area contributed by atoms with Crippen molar-refractivity contribution in [3.63, 3.8) is 0 Å². The molecule has 1 amide bonds. The van der Waals surface area contributed by atoms with Crippen LogP contribution in [0.25, 0.3) is 10.9 Å². The summed E-state index contributed by atoms with van der Waals surface area (Å²) in [4.78, 5) is 22.4. The van der Waals surface area contributed by atoms with Crippen molar-refractivity contribution in [2.45, 2.75) is 24.2 Å². The van der Waals surface area contributed by atoms with E-state index in [1.165, 1.54) is 0 Å². The lowest BCUT2D eigenvalue weighted by Gasteiger charge is -2.23. The maximum absolute atomic E-state index is 13.4. The Balaban J connectivity index is 0.000000676. The number of hydrogen-bond acceptors (Lipinski definition) is 6. The fraction of sp³-hybridized carbons (Fsp3) is 0.233. The third kappa shape index (κ3) is 8.67. The molecule has 0 spiro atoms. The third-order valence-electron chi connectivity index (χ3n) is 6.51. The smallest absolute Gasteiger partial charge is 0.430 e. The standard InChI is InChI=1S/C28H31N5O3S.C2HF3O2/c1-33(2,3)23-10-8-19(9-11-23)17-31-28(34)26-16-22-15-24(37(4,35)36)12-13-25(22)32(26)18-20-6-5-7-21(14-20)27(29)30;3-2(4,5)1(6)7/h5-16H,17-18H2,1-4H3,(H3-,29,30,31,34);(H,6,7). The number of sulfone groups is 1. The number of nitrogens with two attached hydrogens (primary N) is 1. The van der Waals surface area contributed by atoms with Gasteiger partial charge in [0.25, 0.3) is 5.91 Å². The van der Waals surface area contributed by atoms with Crippen LogP contribution in [0.15, 0.2) is 77.7 Å². The molecule has 0 unspecified atom stereocenters. The first-order chi connectivity index (χ1) is 20.3. The molecule has 0 aliphatic rings. The van der Waals surface area contributed by atoms with Crippen LogP contribution < -0.4 is 20.6 Å². The lowest BCUT2D eigenvalue weighted by molar-refractivity contribution is -0.344. The van der Waals surface area contributed by atoms with Gasteiger partial charge in [-0.15, -0.1) is 0 Å². The number of halogens is 3. The average molecular weight is 632 g/mol. The van der Waals surface area contributed by atoms with Gasteiger partial charge in [0.1, 0.15) is 23.2 Å². The number of amides is 1. The predicted octanol–water partition coefficient (Wildman–Crippen LogP) is 2.80. The van der Waals surface area contributed by atoms with Gasteiger partial charge in [-0.2, -0.15) is 13.2 Å². The molecule has 1 aromatic heterocycles. The number of benzene rings is 3. The number of amidine groups is 1. The number of hydrogen-bond donors (Lipinski definition) is 3. The Morgan fingerprint density at radius 2 is 1.59 bits per heavy atom. The second-order valence-corrected chi connectivity index (χ2v) is 12.9. The molecule has 0 fully saturated rings. The van der Waals surface area contributed by atoms with Crippen LogP contribution in [0.3, 0.4) is 0 Å². The van der Waals surface area contributed by atoms with Crippen molar-refractivity contribution in [2.24, 2.45) is 5.73 Å². The number of carboxylic acids is 1. The molecule has 4 aromatic rings. The monoisotopic (exact) mass is 631 g/mol. The van der Waals surface area contributed by atoms with Crippen molar-refractivity contribution in [2.75, 3.05) is 27.4 Å². The molecule has 4 rings (SSSR count). The summed E-state index contributed by atoms with van der Waals surface area (Å²) in [6.07, 6.45) is -4.03.